The van der Waals surface area contributed by atoms with E-state index in [0.29, 0.717) is 6.54 Å². The highest BCUT2D eigenvalue weighted by molar-refractivity contribution is 7.89. The molecule has 86 valence electrons. The van der Waals surface area contributed by atoms with Crippen LogP contribution in [-0.2, 0) is 10.0 Å². The van der Waals surface area contributed by atoms with Crippen LogP contribution in [0.2, 0.25) is 0 Å². The van der Waals surface area contributed by atoms with Crippen LogP contribution in [-0.4, -0.2) is 68.6 Å². The van der Waals surface area contributed by atoms with Gasteiger partial charge in [0.1, 0.15) is 0 Å². The second kappa shape index (κ2) is 7.13. The Balaban J connectivity index is 4.29. The van der Waals surface area contributed by atoms with E-state index in [0.717, 1.165) is 4.31 Å². The van der Waals surface area contributed by atoms with Crippen molar-refractivity contribution < 1.29 is 18.6 Å². The number of hydrogen-bond donors (Lipinski definition) is 3. The van der Waals surface area contributed by atoms with Crippen molar-refractivity contribution in [2.45, 2.75) is 0 Å². The van der Waals surface area contributed by atoms with Gasteiger partial charge in [-0.3, -0.25) is 0 Å². The highest BCUT2D eigenvalue weighted by atomic mass is 32.2. The average molecular weight is 226 g/mol. The van der Waals surface area contributed by atoms with Gasteiger partial charge in [0.2, 0.25) is 10.0 Å². The van der Waals surface area contributed by atoms with Gasteiger partial charge in [0.15, 0.2) is 0 Å². The summed E-state index contributed by atoms with van der Waals surface area (Å²) in [6.07, 6.45) is 0. The molecule has 0 aliphatic heterocycles. The molecule has 0 bridgehead atoms. The van der Waals surface area contributed by atoms with Gasteiger partial charge in [-0.05, 0) is 7.05 Å². The van der Waals surface area contributed by atoms with Crippen molar-refractivity contribution in [2.24, 2.45) is 0 Å². The molecule has 0 fully saturated rings. The molecule has 0 saturated heterocycles. The van der Waals surface area contributed by atoms with Gasteiger partial charge in [-0.2, -0.15) is 4.31 Å². The van der Waals surface area contributed by atoms with Crippen LogP contribution in [0.4, 0.5) is 0 Å². The molecule has 3 N–H and O–H groups in total. The van der Waals surface area contributed by atoms with Crippen molar-refractivity contribution in [3.05, 3.63) is 0 Å². The molecular formula is C7H18N2O4S. The smallest absolute Gasteiger partial charge is 0.215 e. The molecule has 0 heterocycles. The predicted octanol–water partition coefficient (Wildman–Crippen LogP) is -2.18. The van der Waals surface area contributed by atoms with Gasteiger partial charge in [-0.1, -0.05) is 0 Å². The van der Waals surface area contributed by atoms with E-state index in [9.17, 15) is 8.42 Å². The van der Waals surface area contributed by atoms with E-state index in [1.807, 2.05) is 0 Å². The Hall–Kier alpha value is -0.210. The van der Waals surface area contributed by atoms with Crippen LogP contribution in [0.1, 0.15) is 0 Å². The second-order valence-corrected chi connectivity index (χ2v) is 4.85. The Morgan fingerprint density at radius 3 is 2.07 bits per heavy atom. The van der Waals surface area contributed by atoms with E-state index in [-0.39, 0.29) is 32.1 Å². The van der Waals surface area contributed by atoms with Gasteiger partial charge >= 0.3 is 0 Å². The molecule has 0 amide bonds. The van der Waals surface area contributed by atoms with Crippen LogP contribution in [0.5, 0.6) is 0 Å². The standard InChI is InChI=1S/C7H18N2O4S/c1-8-2-7-14(12,13)9(3-5-10)4-6-11/h8,10-11H,2-7H2,1H3. The first-order chi connectivity index (χ1) is 6.58. The SMILES string of the molecule is CNCCS(=O)(=O)N(CCO)CCO. The molecule has 0 aromatic heterocycles. The van der Waals surface area contributed by atoms with Gasteiger partial charge in [0, 0.05) is 19.6 Å². The molecule has 7 heteroatoms. The van der Waals surface area contributed by atoms with Crippen molar-refractivity contribution in [3.63, 3.8) is 0 Å². The second-order valence-electron chi connectivity index (χ2n) is 2.77. The summed E-state index contributed by atoms with van der Waals surface area (Å²) in [4.78, 5) is 0. The summed E-state index contributed by atoms with van der Waals surface area (Å²) in [5.74, 6) is -0.0243. The number of nitrogens with zero attached hydrogens (tertiary/aromatic N) is 1. The molecule has 14 heavy (non-hydrogen) atoms. The fourth-order valence-electron chi connectivity index (χ4n) is 0.973. The monoisotopic (exact) mass is 226 g/mol. The fraction of sp³-hybridized carbons (Fsp3) is 1.00. The largest absolute Gasteiger partial charge is 0.395 e. The molecule has 0 aromatic rings. The lowest BCUT2D eigenvalue weighted by Gasteiger charge is -2.19. The van der Waals surface area contributed by atoms with Crippen LogP contribution in [0, 0.1) is 0 Å². The topological polar surface area (TPSA) is 89.9 Å². The Kier molecular flexibility index (Phi) is 7.02. The number of sulfonamides is 1. The van der Waals surface area contributed by atoms with Crippen molar-refractivity contribution in [3.8, 4) is 0 Å². The third-order valence-corrected chi connectivity index (χ3v) is 3.57. The fourth-order valence-corrected chi connectivity index (χ4v) is 2.41. The van der Waals surface area contributed by atoms with Crippen molar-refractivity contribution in [1.29, 1.82) is 0 Å². The summed E-state index contributed by atoms with van der Waals surface area (Å²) in [6, 6.07) is 0. The molecule has 0 spiro atoms. The molecule has 0 atom stereocenters. The Labute approximate surface area is 84.6 Å². The predicted molar refractivity (Wildman–Crippen MR) is 53.5 cm³/mol. The molecule has 0 aliphatic carbocycles. The first-order valence-corrected chi connectivity index (χ1v) is 6.03. The van der Waals surface area contributed by atoms with Crippen molar-refractivity contribution in [1.82, 2.24) is 9.62 Å². The molecule has 0 aromatic carbocycles. The van der Waals surface area contributed by atoms with Gasteiger partial charge in [-0.25, -0.2) is 8.42 Å². The van der Waals surface area contributed by atoms with Crippen molar-refractivity contribution >= 4 is 10.0 Å². The third kappa shape index (κ3) is 4.87. The van der Waals surface area contributed by atoms with E-state index in [1.165, 1.54) is 0 Å². The molecule has 0 unspecified atom stereocenters. The number of aliphatic hydroxyl groups is 2. The summed E-state index contributed by atoms with van der Waals surface area (Å²) in [7, 11) is -1.69. The zero-order chi connectivity index (χ0) is 11.0. The minimum absolute atomic E-state index is 0.0243. The van der Waals surface area contributed by atoms with Gasteiger partial charge in [-0.15, -0.1) is 0 Å². The molecule has 0 aliphatic rings. The molecule has 0 radical (unpaired) electrons. The lowest BCUT2D eigenvalue weighted by molar-refractivity contribution is 0.217. The van der Waals surface area contributed by atoms with Crippen LogP contribution >= 0.6 is 0 Å². The summed E-state index contributed by atoms with van der Waals surface area (Å²) < 4.78 is 24.2. The summed E-state index contributed by atoms with van der Waals surface area (Å²) >= 11 is 0. The van der Waals surface area contributed by atoms with E-state index < -0.39 is 10.0 Å². The molecule has 6 nitrogen and oxygen atoms in total. The highest BCUT2D eigenvalue weighted by Crippen LogP contribution is 1.99. The first kappa shape index (κ1) is 13.8. The van der Waals surface area contributed by atoms with Crippen LogP contribution < -0.4 is 5.32 Å². The Morgan fingerprint density at radius 1 is 1.21 bits per heavy atom. The van der Waals surface area contributed by atoms with Gasteiger partial charge < -0.3 is 15.5 Å². The summed E-state index contributed by atoms with van der Waals surface area (Å²) in [6.45, 7) is -0.0491. The van der Waals surface area contributed by atoms with E-state index in [4.69, 9.17) is 10.2 Å². The number of hydrogen-bond acceptors (Lipinski definition) is 5. The normalized spacial score (nSPS) is 12.3. The summed E-state index contributed by atoms with van der Waals surface area (Å²) in [5.41, 5.74) is 0. The first-order valence-electron chi connectivity index (χ1n) is 4.42. The maximum absolute atomic E-state index is 11.5. The Morgan fingerprint density at radius 2 is 1.71 bits per heavy atom. The number of rotatable bonds is 8. The van der Waals surface area contributed by atoms with Gasteiger partial charge in [0.25, 0.3) is 0 Å². The van der Waals surface area contributed by atoms with Crippen LogP contribution in [0.25, 0.3) is 0 Å². The van der Waals surface area contributed by atoms with Crippen LogP contribution in [0.15, 0.2) is 0 Å². The van der Waals surface area contributed by atoms with E-state index in [1.54, 1.807) is 7.05 Å². The van der Waals surface area contributed by atoms with E-state index >= 15 is 0 Å². The lowest BCUT2D eigenvalue weighted by atomic mass is 10.6. The maximum atomic E-state index is 11.5. The molecular weight excluding hydrogens is 208 g/mol. The van der Waals surface area contributed by atoms with Gasteiger partial charge in [0.05, 0.1) is 19.0 Å². The van der Waals surface area contributed by atoms with E-state index in [2.05, 4.69) is 5.32 Å². The molecule has 0 saturated carbocycles. The minimum atomic E-state index is -3.36. The molecule has 0 rings (SSSR count). The average Bonchev–Trinajstić information content (AvgIpc) is 2.14. The quantitative estimate of drug-likeness (QED) is 0.438. The Bertz CT molecular complexity index is 224. The van der Waals surface area contributed by atoms with Crippen molar-refractivity contribution in [2.75, 3.05) is 45.6 Å². The summed E-state index contributed by atoms with van der Waals surface area (Å²) in [5, 5.41) is 20.0. The zero-order valence-corrected chi connectivity index (χ0v) is 9.13. The lowest BCUT2D eigenvalue weighted by Crippen LogP contribution is -2.39. The highest BCUT2D eigenvalue weighted by Gasteiger charge is 2.19. The minimum Gasteiger partial charge on any atom is -0.395 e. The third-order valence-electron chi connectivity index (χ3n) is 1.70. The number of aliphatic hydroxyl groups excluding tert-OH is 2. The number of nitrogens with one attached hydrogen (secondary N) is 1. The zero-order valence-electron chi connectivity index (χ0n) is 8.31. The van der Waals surface area contributed by atoms with Crippen LogP contribution in [0.3, 0.4) is 0 Å². The maximum Gasteiger partial charge on any atom is 0.215 e.